The smallest absolute Gasteiger partial charge is 0.266 e. The Hall–Kier alpha value is -4.48. The standard InChI is InChI=1S/C28H28F3N7O2/c1-15(18-6-5-7-19(24(18)29)25(30)31)33-26-21-13-20(27-32-9-11-38(27)28(21)35-16(2)34-26)17-8-10-37(22(39)12-17)14-23(40)36(3)4/h5-8,10,12-13,15,25,32H,9,11,14H2,1-4H3. The Kier molecular flexibility index (Phi) is 7.17. The number of halogens is 3. The van der Waals surface area contributed by atoms with Crippen LogP contribution >= 0.6 is 0 Å². The Bertz CT molecular complexity index is 1710. The highest BCUT2D eigenvalue weighted by atomic mass is 19.3. The molecule has 3 aliphatic heterocycles. The summed E-state index contributed by atoms with van der Waals surface area (Å²) in [6.45, 7) is 4.50. The zero-order valence-corrected chi connectivity index (χ0v) is 22.5. The van der Waals surface area contributed by atoms with E-state index in [4.69, 9.17) is 0 Å². The average Bonchev–Trinajstić information content (AvgIpc) is 3.40. The molecule has 1 aromatic carbocycles. The van der Waals surface area contributed by atoms with Crippen LogP contribution in [0.3, 0.4) is 0 Å². The normalized spacial score (nSPS) is 13.9. The number of amides is 1. The van der Waals surface area contributed by atoms with E-state index in [0.717, 1.165) is 11.9 Å². The molecule has 4 heterocycles. The van der Waals surface area contributed by atoms with Crippen LogP contribution < -0.4 is 16.4 Å². The third kappa shape index (κ3) is 4.96. The number of aromatic nitrogens is 4. The van der Waals surface area contributed by atoms with E-state index in [1.165, 1.54) is 27.7 Å². The molecule has 3 aliphatic rings. The molecular weight excluding hydrogens is 523 g/mol. The molecule has 0 saturated carbocycles. The maximum atomic E-state index is 14.9. The molecule has 0 bridgehead atoms. The number of fused-ring (bicyclic) bond motifs is 3. The van der Waals surface area contributed by atoms with Crippen LogP contribution in [0, 0.1) is 12.7 Å². The van der Waals surface area contributed by atoms with E-state index in [-0.39, 0.29) is 29.1 Å². The van der Waals surface area contributed by atoms with Gasteiger partial charge in [-0.05, 0) is 31.5 Å². The molecular formula is C28H28F3N7O2. The van der Waals surface area contributed by atoms with Gasteiger partial charge in [-0.2, -0.15) is 0 Å². The first-order valence-electron chi connectivity index (χ1n) is 12.7. The van der Waals surface area contributed by atoms with Gasteiger partial charge in [0.05, 0.1) is 17.2 Å². The number of hydrogen-bond donors (Lipinski definition) is 1. The van der Waals surface area contributed by atoms with E-state index in [0.29, 0.717) is 41.4 Å². The molecule has 0 saturated heterocycles. The quantitative estimate of drug-likeness (QED) is 0.394. The van der Waals surface area contributed by atoms with E-state index < -0.39 is 23.8 Å². The molecule has 40 heavy (non-hydrogen) atoms. The molecule has 0 radical (unpaired) electrons. The van der Waals surface area contributed by atoms with Crippen LogP contribution in [0.1, 0.15) is 36.3 Å². The summed E-state index contributed by atoms with van der Waals surface area (Å²) in [6, 6.07) is 8.11. The predicted octanol–water partition coefficient (Wildman–Crippen LogP) is 3.77. The van der Waals surface area contributed by atoms with Crippen molar-refractivity contribution in [3.8, 4) is 22.5 Å². The lowest BCUT2D eigenvalue weighted by Crippen LogP contribution is -2.31. The van der Waals surface area contributed by atoms with Crippen LogP contribution in [0.4, 0.5) is 19.0 Å². The van der Waals surface area contributed by atoms with Crippen molar-refractivity contribution in [3.05, 3.63) is 81.2 Å². The highest BCUT2D eigenvalue weighted by molar-refractivity contribution is 5.82. The molecule has 0 spiro atoms. The number of likely N-dealkylation sites (N-methyl/N-ethyl adjacent to an activating group) is 1. The van der Waals surface area contributed by atoms with Gasteiger partial charge in [0.1, 0.15) is 29.8 Å². The number of benzene rings is 1. The van der Waals surface area contributed by atoms with Crippen molar-refractivity contribution in [1.29, 1.82) is 0 Å². The van der Waals surface area contributed by atoms with Crippen LogP contribution in [0.15, 0.2) is 52.4 Å². The second kappa shape index (κ2) is 10.6. The molecule has 9 nitrogen and oxygen atoms in total. The molecule has 0 aliphatic carbocycles. The summed E-state index contributed by atoms with van der Waals surface area (Å²) in [5.41, 5.74) is 1.20. The first-order valence-corrected chi connectivity index (χ1v) is 12.7. The van der Waals surface area contributed by atoms with Crippen molar-refractivity contribution in [2.24, 2.45) is 4.99 Å². The van der Waals surface area contributed by atoms with Crippen molar-refractivity contribution in [3.63, 3.8) is 0 Å². The van der Waals surface area contributed by atoms with E-state index >= 15 is 0 Å². The maximum absolute atomic E-state index is 14.9. The van der Waals surface area contributed by atoms with Crippen LogP contribution in [0.5, 0.6) is 0 Å². The van der Waals surface area contributed by atoms with Crippen molar-refractivity contribution >= 4 is 11.7 Å². The van der Waals surface area contributed by atoms with Crippen molar-refractivity contribution in [2.75, 3.05) is 26.0 Å². The molecule has 1 unspecified atom stereocenters. The number of hydrogen-bond acceptors (Lipinski definition) is 6. The number of aryl methyl sites for hydroxylation is 1. The number of nitrogens with zero attached hydrogens (tertiary/aromatic N) is 6. The Balaban J connectivity index is 1.66. The number of alkyl halides is 2. The predicted molar refractivity (Wildman–Crippen MR) is 144 cm³/mol. The molecule has 1 N–H and O–H groups in total. The van der Waals surface area contributed by atoms with E-state index in [2.05, 4.69) is 20.3 Å². The summed E-state index contributed by atoms with van der Waals surface area (Å²) in [6.07, 6.45) is -1.37. The van der Waals surface area contributed by atoms with Gasteiger partial charge in [-0.3, -0.25) is 14.6 Å². The zero-order valence-electron chi connectivity index (χ0n) is 22.5. The fourth-order valence-corrected chi connectivity index (χ4v) is 4.77. The van der Waals surface area contributed by atoms with Crippen molar-refractivity contribution in [2.45, 2.75) is 39.4 Å². The number of nitrogens with one attached hydrogen (secondary N) is 1. The van der Waals surface area contributed by atoms with E-state index in [1.54, 1.807) is 40.2 Å². The highest BCUT2D eigenvalue weighted by Gasteiger charge is 2.25. The first-order chi connectivity index (χ1) is 19.0. The third-order valence-electron chi connectivity index (χ3n) is 6.89. The monoisotopic (exact) mass is 551 g/mol. The minimum absolute atomic E-state index is 0.0359. The number of anilines is 1. The van der Waals surface area contributed by atoms with Gasteiger partial charge in [0.15, 0.2) is 5.49 Å². The van der Waals surface area contributed by atoms with Gasteiger partial charge in [0.25, 0.3) is 12.0 Å². The second-order valence-electron chi connectivity index (χ2n) is 9.84. The van der Waals surface area contributed by atoms with Crippen LogP contribution in [-0.2, 0) is 17.9 Å². The highest BCUT2D eigenvalue weighted by Crippen LogP contribution is 2.36. The Morgan fingerprint density at radius 3 is 2.60 bits per heavy atom. The number of carbonyl (C=O) groups is 1. The molecule has 2 aromatic rings. The van der Waals surface area contributed by atoms with Gasteiger partial charge in [-0.1, -0.05) is 18.2 Å². The first kappa shape index (κ1) is 27.1. The minimum atomic E-state index is -2.94. The lowest BCUT2D eigenvalue weighted by atomic mass is 10.0. The van der Waals surface area contributed by atoms with Gasteiger partial charge >= 0.3 is 0 Å². The second-order valence-corrected chi connectivity index (χ2v) is 9.84. The summed E-state index contributed by atoms with van der Waals surface area (Å²) < 4.78 is 44.8. The fraction of sp³-hybridized carbons (Fsp3) is 0.321. The molecule has 1 amide bonds. The van der Waals surface area contributed by atoms with E-state index in [1.807, 2.05) is 10.6 Å². The molecule has 208 valence electrons. The topological polar surface area (TPSA) is 97.4 Å². The minimum Gasteiger partial charge on any atom is -0.369 e. The number of pyridine rings is 2. The summed E-state index contributed by atoms with van der Waals surface area (Å²) in [4.78, 5) is 40.2. The van der Waals surface area contributed by atoms with Crippen molar-refractivity contribution < 1.29 is 18.0 Å². The largest absolute Gasteiger partial charge is 0.369 e. The van der Waals surface area contributed by atoms with Gasteiger partial charge in [0, 0.05) is 50.6 Å². The molecule has 1 aromatic heterocycles. The molecule has 5 rings (SSSR count). The lowest BCUT2D eigenvalue weighted by molar-refractivity contribution is -0.129. The Labute approximate surface area is 228 Å². The summed E-state index contributed by atoms with van der Waals surface area (Å²) in [5.74, 6) is 0.623. The Morgan fingerprint density at radius 2 is 1.90 bits per heavy atom. The van der Waals surface area contributed by atoms with Crippen molar-refractivity contribution in [1.82, 2.24) is 24.0 Å². The van der Waals surface area contributed by atoms with Crippen LogP contribution in [0.25, 0.3) is 22.5 Å². The van der Waals surface area contributed by atoms with Gasteiger partial charge in [-0.25, -0.2) is 23.1 Å². The van der Waals surface area contributed by atoms with Crippen LogP contribution in [0.2, 0.25) is 0 Å². The SMILES string of the molecule is Cc1nc2n3c(c(-c4ccn(CC(=O)N(C)C)c(=O)c4)cc-2c(=NC(C)c2cccc(C(F)F)c2F)n1)NCC3. The van der Waals surface area contributed by atoms with Gasteiger partial charge in [-0.15, -0.1) is 0 Å². The summed E-state index contributed by atoms with van der Waals surface area (Å²) in [5, 5.41) is 3.35. The Morgan fingerprint density at radius 1 is 1.15 bits per heavy atom. The van der Waals surface area contributed by atoms with Gasteiger partial charge < -0.3 is 19.4 Å². The molecule has 0 fully saturated rings. The lowest BCUT2D eigenvalue weighted by Gasteiger charge is -2.19. The average molecular weight is 552 g/mol. The maximum Gasteiger partial charge on any atom is 0.266 e. The third-order valence-corrected chi connectivity index (χ3v) is 6.89. The summed E-state index contributed by atoms with van der Waals surface area (Å²) in [7, 11) is 3.25. The molecule has 12 heteroatoms. The number of carbonyl (C=O) groups excluding carboxylic acids is 1. The van der Waals surface area contributed by atoms with E-state index in [9.17, 15) is 22.8 Å². The number of rotatable bonds is 6. The van der Waals surface area contributed by atoms with Crippen LogP contribution in [-0.4, -0.2) is 50.5 Å². The zero-order chi connectivity index (χ0) is 28.7. The summed E-state index contributed by atoms with van der Waals surface area (Å²) >= 11 is 0. The fourth-order valence-electron chi connectivity index (χ4n) is 4.77. The van der Waals surface area contributed by atoms with Gasteiger partial charge in [0.2, 0.25) is 5.91 Å². The molecule has 1 atom stereocenters.